The van der Waals surface area contributed by atoms with E-state index in [9.17, 15) is 31.1 Å². The minimum absolute atomic E-state index is 0.0147. The van der Waals surface area contributed by atoms with Crippen LogP contribution in [0.25, 0.3) is 11.2 Å². The summed E-state index contributed by atoms with van der Waals surface area (Å²) in [6, 6.07) is 0.737. The number of nitrogens with zero attached hydrogens (tertiary/aromatic N) is 3. The number of carbonyl (C=O) groups excluding carboxylic acids is 1. The van der Waals surface area contributed by atoms with Gasteiger partial charge in [0.25, 0.3) is 0 Å². The zero-order chi connectivity index (χ0) is 23.6. The molecule has 1 atom stereocenters. The Hall–Kier alpha value is -2.61. The molecule has 31 heavy (non-hydrogen) atoms. The van der Waals surface area contributed by atoms with E-state index in [2.05, 4.69) is 19.7 Å². The van der Waals surface area contributed by atoms with Crippen molar-refractivity contribution in [3.05, 3.63) is 23.7 Å². The number of halogens is 6. The molecule has 1 fully saturated rings. The van der Waals surface area contributed by atoms with Crippen LogP contribution in [-0.4, -0.2) is 63.5 Å². The van der Waals surface area contributed by atoms with Gasteiger partial charge in [-0.25, -0.2) is 14.8 Å². The van der Waals surface area contributed by atoms with E-state index in [1.54, 1.807) is 12.1 Å². The number of nitrogens with one attached hydrogen (secondary N) is 2. The molecule has 1 unspecified atom stereocenters. The molecule has 2 aromatic rings. The maximum Gasteiger partial charge on any atom is 0.416 e. The molecule has 8 nitrogen and oxygen atoms in total. The second-order valence-electron chi connectivity index (χ2n) is 7.20. The van der Waals surface area contributed by atoms with Gasteiger partial charge in [-0.15, -0.1) is 0 Å². The molecule has 4 N–H and O–H groups in total. The van der Waals surface area contributed by atoms with Gasteiger partial charge in [-0.05, 0) is 26.0 Å². The summed E-state index contributed by atoms with van der Waals surface area (Å²) < 4.78 is 77.1. The molecule has 1 saturated heterocycles. The van der Waals surface area contributed by atoms with E-state index in [1.165, 1.54) is 0 Å². The van der Waals surface area contributed by atoms with Gasteiger partial charge < -0.3 is 25.7 Å². The Balaban J connectivity index is 0.000000323. The van der Waals surface area contributed by atoms with Crippen LogP contribution in [0.1, 0.15) is 25.4 Å². The van der Waals surface area contributed by atoms with Gasteiger partial charge in [0.2, 0.25) is 0 Å². The monoisotopic (exact) mass is 456 g/mol. The first-order valence-electron chi connectivity index (χ1n) is 8.96. The highest BCUT2D eigenvalue weighted by molar-refractivity contribution is 5.77. The normalized spacial score (nSPS) is 17.5. The number of nitrogens with two attached hydrogens (primary N) is 1. The number of aromatic amines is 1. The first kappa shape index (κ1) is 24.7. The number of carbonyl (C=O) groups is 1. The number of hydrogen-bond donors (Lipinski definition) is 3. The number of imidazole rings is 1. The zero-order valence-corrected chi connectivity index (χ0v) is 16.9. The van der Waals surface area contributed by atoms with Gasteiger partial charge in [-0.1, -0.05) is 0 Å². The molecule has 0 radical (unpaired) electrons. The zero-order valence-electron chi connectivity index (χ0n) is 16.9. The lowest BCUT2D eigenvalue weighted by Gasteiger charge is -2.25. The Labute approximate surface area is 173 Å². The molecular weight excluding hydrogens is 434 g/mol. The number of methoxy groups -OCH3 is 1. The molecule has 1 aliphatic rings. The lowest BCUT2D eigenvalue weighted by Crippen LogP contribution is -2.40. The third kappa shape index (κ3) is 5.97. The number of ether oxygens (including phenoxy) is 1. The van der Waals surface area contributed by atoms with Gasteiger partial charge in [-0.2, -0.15) is 26.3 Å². The average molecular weight is 456 g/mol. The molecule has 0 aliphatic carbocycles. The molecule has 3 rings (SSSR count). The average Bonchev–Trinajstić information content (AvgIpc) is 3.24. The fourth-order valence-electron chi connectivity index (χ4n) is 2.39. The summed E-state index contributed by atoms with van der Waals surface area (Å²) in [7, 11) is 1.04. The number of amides is 2. The Morgan fingerprint density at radius 3 is 2.29 bits per heavy atom. The molecule has 0 saturated carbocycles. The van der Waals surface area contributed by atoms with Crippen molar-refractivity contribution in [2.24, 2.45) is 5.73 Å². The predicted octanol–water partition coefficient (Wildman–Crippen LogP) is 2.85. The maximum atomic E-state index is 12.6. The second-order valence-corrected chi connectivity index (χ2v) is 7.20. The third-order valence-corrected chi connectivity index (χ3v) is 4.57. The van der Waals surface area contributed by atoms with E-state index in [0.29, 0.717) is 22.7 Å². The fraction of sp³-hybridized carbons (Fsp3) is 0.588. The smallest absolute Gasteiger partial charge is 0.369 e. The molecular formula is C17H22F6N6O2. The standard InChI is InChI=1S/C12H13F3N6O.C5H9F3O/c13-12(14,15)8-5-21(11(22)19-8)4-6-1-2-7-10(17-6)20-9(3-16)18-7;1-4(2,9-3)5(6,7)8/h1-2,8H,3-5,16H2,(H,19,22)(H,17,18,20);1-3H3. The van der Waals surface area contributed by atoms with Crippen LogP contribution in [0.5, 0.6) is 0 Å². The first-order chi connectivity index (χ1) is 14.2. The highest BCUT2D eigenvalue weighted by atomic mass is 19.4. The molecule has 1 aliphatic heterocycles. The van der Waals surface area contributed by atoms with E-state index < -0.39 is 36.6 Å². The summed E-state index contributed by atoms with van der Waals surface area (Å²) in [4.78, 5) is 24.0. The highest BCUT2D eigenvalue weighted by Gasteiger charge is 2.48. The number of urea groups is 1. The molecule has 14 heteroatoms. The van der Waals surface area contributed by atoms with E-state index in [-0.39, 0.29) is 13.1 Å². The Morgan fingerprint density at radius 2 is 1.84 bits per heavy atom. The number of hydrogen-bond acceptors (Lipinski definition) is 5. The van der Waals surface area contributed by atoms with E-state index in [0.717, 1.165) is 25.9 Å². The lowest BCUT2D eigenvalue weighted by atomic mass is 10.1. The van der Waals surface area contributed by atoms with Gasteiger partial charge >= 0.3 is 18.4 Å². The number of alkyl halides is 6. The van der Waals surface area contributed by atoms with Crippen LogP contribution in [0.15, 0.2) is 12.1 Å². The molecule has 0 bridgehead atoms. The van der Waals surface area contributed by atoms with Crippen molar-refractivity contribution in [3.8, 4) is 0 Å². The van der Waals surface area contributed by atoms with E-state index >= 15 is 0 Å². The number of pyridine rings is 1. The maximum absolute atomic E-state index is 12.6. The minimum Gasteiger partial charge on any atom is -0.369 e. The van der Waals surface area contributed by atoms with Gasteiger partial charge in [0, 0.05) is 7.11 Å². The van der Waals surface area contributed by atoms with Gasteiger partial charge in [0.1, 0.15) is 11.9 Å². The van der Waals surface area contributed by atoms with Crippen LogP contribution < -0.4 is 11.1 Å². The van der Waals surface area contributed by atoms with Crippen LogP contribution in [0.4, 0.5) is 31.1 Å². The van der Waals surface area contributed by atoms with Crippen molar-refractivity contribution in [1.82, 2.24) is 25.2 Å². The van der Waals surface area contributed by atoms with Crippen molar-refractivity contribution in [3.63, 3.8) is 0 Å². The molecule has 2 aromatic heterocycles. The summed E-state index contributed by atoms with van der Waals surface area (Å²) in [6.45, 7) is 1.74. The summed E-state index contributed by atoms with van der Waals surface area (Å²) >= 11 is 0. The SMILES string of the molecule is COC(C)(C)C(F)(F)F.NCc1nc2nc(CN3CC(C(F)(F)F)NC3=O)ccc2[nH]1. The van der Waals surface area contributed by atoms with Crippen LogP contribution in [0.3, 0.4) is 0 Å². The van der Waals surface area contributed by atoms with E-state index in [1.807, 2.05) is 5.32 Å². The first-order valence-corrected chi connectivity index (χ1v) is 8.96. The lowest BCUT2D eigenvalue weighted by molar-refractivity contribution is -0.255. The number of fused-ring (bicyclic) bond motifs is 1. The van der Waals surface area contributed by atoms with Gasteiger partial charge in [0.15, 0.2) is 11.2 Å². The quantitative estimate of drug-likeness (QED) is 0.613. The van der Waals surface area contributed by atoms with Gasteiger partial charge in [0.05, 0.1) is 30.8 Å². The minimum atomic E-state index is -4.46. The van der Waals surface area contributed by atoms with Crippen LogP contribution in [-0.2, 0) is 17.8 Å². The molecule has 2 amide bonds. The molecule has 0 spiro atoms. The highest BCUT2D eigenvalue weighted by Crippen LogP contribution is 2.31. The number of H-pyrrole nitrogens is 1. The predicted molar refractivity (Wildman–Crippen MR) is 97.7 cm³/mol. The van der Waals surface area contributed by atoms with Crippen LogP contribution in [0, 0.1) is 0 Å². The van der Waals surface area contributed by atoms with Crippen LogP contribution >= 0.6 is 0 Å². The Bertz CT molecular complexity index is 911. The summed E-state index contributed by atoms with van der Waals surface area (Å²) in [5.74, 6) is 0.565. The van der Waals surface area contributed by atoms with E-state index in [4.69, 9.17) is 5.73 Å². The second kappa shape index (κ2) is 8.86. The summed E-state index contributed by atoms with van der Waals surface area (Å²) in [5.41, 5.74) is 5.01. The third-order valence-electron chi connectivity index (χ3n) is 4.57. The number of aromatic nitrogens is 3. The largest absolute Gasteiger partial charge is 0.416 e. The molecule has 174 valence electrons. The fourth-order valence-corrected chi connectivity index (χ4v) is 2.39. The van der Waals surface area contributed by atoms with Crippen LogP contribution in [0.2, 0.25) is 0 Å². The number of rotatable bonds is 4. The topological polar surface area (TPSA) is 109 Å². The molecule has 0 aromatic carbocycles. The van der Waals surface area contributed by atoms with Crippen molar-refractivity contribution in [1.29, 1.82) is 0 Å². The van der Waals surface area contributed by atoms with Crippen molar-refractivity contribution >= 4 is 17.2 Å². The summed E-state index contributed by atoms with van der Waals surface area (Å²) in [5, 5.41) is 1.91. The van der Waals surface area contributed by atoms with Gasteiger partial charge in [-0.3, -0.25) is 0 Å². The van der Waals surface area contributed by atoms with Crippen molar-refractivity contribution in [2.45, 2.75) is 50.9 Å². The van der Waals surface area contributed by atoms with Crippen molar-refractivity contribution in [2.75, 3.05) is 13.7 Å². The molecule has 3 heterocycles. The Kier molecular flexibility index (Phi) is 7.05. The Morgan fingerprint density at radius 1 is 1.19 bits per heavy atom. The van der Waals surface area contributed by atoms with Crippen molar-refractivity contribution < 1.29 is 35.9 Å². The summed E-state index contributed by atoms with van der Waals surface area (Å²) in [6.07, 6.45) is -8.73.